The lowest BCUT2D eigenvalue weighted by Gasteiger charge is -2.45. The highest BCUT2D eigenvalue weighted by Gasteiger charge is 2.45. The summed E-state index contributed by atoms with van der Waals surface area (Å²) in [6.45, 7) is 5.23. The standard InChI is InChI=1S/C36H45ClN6O4/c1-25-20-39(24-38-25)21-26-7-5-15-41(22-26)35(44)32-23-40(17-18-42(32)36(45)47-30-9-3-2-4-10-30)34-31-14-13-29(37)19-28(31)12-11-27-8-6-16-43(46)33(27)34/h6,8,13-14,16,19-20,24,26,30,32,34H,2-5,7,9-12,15,17-18,21-23H2,1H3/t26-,32+,34+/m0/s1. The first-order valence-corrected chi connectivity index (χ1v) is 17.7. The number of pyridine rings is 1. The number of hydrogen-bond donors (Lipinski definition) is 0. The van der Waals surface area contributed by atoms with Gasteiger partial charge < -0.3 is 19.4 Å². The Morgan fingerprint density at radius 2 is 1.85 bits per heavy atom. The van der Waals surface area contributed by atoms with Gasteiger partial charge in [0.15, 0.2) is 6.20 Å². The number of halogens is 1. The van der Waals surface area contributed by atoms with E-state index in [0.29, 0.717) is 49.4 Å². The largest absolute Gasteiger partial charge is 0.618 e. The van der Waals surface area contributed by atoms with E-state index in [9.17, 15) is 14.8 Å². The number of hydrogen-bond acceptors (Lipinski definition) is 6. The summed E-state index contributed by atoms with van der Waals surface area (Å²) in [5.41, 5.74) is 4.80. The average molecular weight is 661 g/mol. The molecule has 2 amide bonds. The van der Waals surface area contributed by atoms with Crippen LogP contribution in [0.1, 0.15) is 79.1 Å². The summed E-state index contributed by atoms with van der Waals surface area (Å²) in [6.07, 6.45) is 13.4. The topological polar surface area (TPSA) is 97.9 Å². The molecule has 3 aromatic rings. The van der Waals surface area contributed by atoms with E-state index in [1.54, 1.807) is 17.2 Å². The summed E-state index contributed by atoms with van der Waals surface area (Å²) in [4.78, 5) is 38.7. The second-order valence-corrected chi connectivity index (χ2v) is 14.3. The van der Waals surface area contributed by atoms with Gasteiger partial charge in [-0.1, -0.05) is 24.1 Å². The zero-order valence-corrected chi connectivity index (χ0v) is 28.0. The molecule has 1 saturated carbocycles. The second-order valence-electron chi connectivity index (χ2n) is 13.8. The Labute approximate surface area is 281 Å². The predicted molar refractivity (Wildman–Crippen MR) is 178 cm³/mol. The fourth-order valence-electron chi connectivity index (χ4n) is 8.25. The minimum Gasteiger partial charge on any atom is -0.618 e. The summed E-state index contributed by atoms with van der Waals surface area (Å²) in [6, 6.07) is 8.64. The highest BCUT2D eigenvalue weighted by molar-refractivity contribution is 6.30. The number of likely N-dealkylation sites (tertiary alicyclic amines) is 1. The van der Waals surface area contributed by atoms with Gasteiger partial charge in [0.2, 0.25) is 11.6 Å². The van der Waals surface area contributed by atoms with E-state index < -0.39 is 12.1 Å². The average Bonchev–Trinajstić information content (AvgIpc) is 3.41. The fourth-order valence-corrected chi connectivity index (χ4v) is 8.45. The van der Waals surface area contributed by atoms with Crippen LogP contribution < -0.4 is 4.73 Å². The van der Waals surface area contributed by atoms with Crippen molar-refractivity contribution in [1.29, 1.82) is 0 Å². The molecule has 4 aliphatic rings. The van der Waals surface area contributed by atoms with Crippen LogP contribution in [0, 0.1) is 18.0 Å². The maximum absolute atomic E-state index is 14.6. The van der Waals surface area contributed by atoms with Crippen LogP contribution in [0.5, 0.6) is 0 Å². The van der Waals surface area contributed by atoms with Crippen molar-refractivity contribution in [2.24, 2.45) is 5.92 Å². The molecule has 10 nitrogen and oxygen atoms in total. The molecular weight excluding hydrogens is 616 g/mol. The van der Waals surface area contributed by atoms with E-state index in [2.05, 4.69) is 14.5 Å². The van der Waals surface area contributed by atoms with Gasteiger partial charge in [-0.15, -0.1) is 0 Å². The van der Waals surface area contributed by atoms with Crippen molar-refractivity contribution >= 4 is 23.6 Å². The molecule has 0 spiro atoms. The number of benzene rings is 1. The van der Waals surface area contributed by atoms with Gasteiger partial charge in [-0.25, -0.2) is 9.78 Å². The number of piperazine rings is 1. The molecule has 1 aromatic carbocycles. The zero-order valence-electron chi connectivity index (χ0n) is 27.2. The van der Waals surface area contributed by atoms with E-state index in [0.717, 1.165) is 91.4 Å². The molecule has 4 heterocycles. The van der Waals surface area contributed by atoms with Crippen molar-refractivity contribution in [2.45, 2.75) is 89.4 Å². The van der Waals surface area contributed by atoms with Crippen molar-refractivity contribution in [1.82, 2.24) is 24.3 Å². The molecule has 0 unspecified atom stereocenters. The third-order valence-corrected chi connectivity index (χ3v) is 10.8. The van der Waals surface area contributed by atoms with Gasteiger partial charge in [-0.2, -0.15) is 4.73 Å². The van der Waals surface area contributed by atoms with E-state index in [1.165, 1.54) is 0 Å². The lowest BCUT2D eigenvalue weighted by molar-refractivity contribution is -0.617. The van der Waals surface area contributed by atoms with Crippen LogP contribution in [0.3, 0.4) is 0 Å². The molecule has 3 fully saturated rings. The molecule has 7 rings (SSSR count). The molecule has 3 atom stereocenters. The van der Waals surface area contributed by atoms with Crippen molar-refractivity contribution in [3.05, 3.63) is 87.4 Å². The van der Waals surface area contributed by atoms with Gasteiger partial charge in [0.1, 0.15) is 18.2 Å². The summed E-state index contributed by atoms with van der Waals surface area (Å²) in [5.74, 6) is 0.253. The number of carbonyl (C=O) groups is 2. The number of carbonyl (C=O) groups excluding carboxylic acids is 2. The Hall–Kier alpha value is -3.63. The maximum atomic E-state index is 14.6. The highest BCUT2D eigenvalue weighted by atomic mass is 35.5. The molecular formula is C36H45ClN6O4. The SMILES string of the molecule is Cc1cn(C[C@@H]2CCCN(C(=O)[C@H]3CN([C@@H]4c5ccc(Cl)cc5CCc5ccc[n+]([O-])c54)CCN3C(=O)OC3CCCCC3)C2)cn1. The van der Waals surface area contributed by atoms with E-state index >= 15 is 0 Å². The number of rotatable bonds is 5. The summed E-state index contributed by atoms with van der Waals surface area (Å²) >= 11 is 6.46. The Kier molecular flexibility index (Phi) is 9.41. The smallest absolute Gasteiger partial charge is 0.410 e. The Morgan fingerprint density at radius 1 is 1.02 bits per heavy atom. The van der Waals surface area contributed by atoms with Crippen LogP contribution in [-0.4, -0.2) is 81.1 Å². The lowest BCUT2D eigenvalue weighted by Crippen LogP contribution is -2.63. The molecule has 2 aliphatic carbocycles. The Bertz CT molecular complexity index is 1610. The Morgan fingerprint density at radius 3 is 2.66 bits per heavy atom. The first kappa shape index (κ1) is 31.9. The van der Waals surface area contributed by atoms with Crippen LogP contribution in [0.25, 0.3) is 0 Å². The summed E-state index contributed by atoms with van der Waals surface area (Å²) in [5, 5.41) is 14.2. The quantitative estimate of drug-likeness (QED) is 0.280. The van der Waals surface area contributed by atoms with Crippen LogP contribution in [-0.2, 0) is 28.9 Å². The molecule has 0 bridgehead atoms. The van der Waals surface area contributed by atoms with Gasteiger partial charge in [0, 0.05) is 62.1 Å². The predicted octanol–water partition coefficient (Wildman–Crippen LogP) is 5.06. The Balaban J connectivity index is 1.19. The molecule has 2 aliphatic heterocycles. The molecule has 0 radical (unpaired) electrons. The molecule has 11 heteroatoms. The minimum absolute atomic E-state index is 0.0463. The molecule has 0 N–H and O–H groups in total. The van der Waals surface area contributed by atoms with Crippen LogP contribution >= 0.6 is 11.6 Å². The second kappa shape index (κ2) is 13.8. The number of imidazole rings is 1. The van der Waals surface area contributed by atoms with Crippen molar-refractivity contribution in [3.8, 4) is 0 Å². The fraction of sp³-hybridized carbons (Fsp3) is 0.556. The van der Waals surface area contributed by atoms with E-state index in [4.69, 9.17) is 16.3 Å². The van der Waals surface area contributed by atoms with Crippen LogP contribution in [0.4, 0.5) is 4.79 Å². The first-order valence-electron chi connectivity index (χ1n) is 17.3. The van der Waals surface area contributed by atoms with Crippen LogP contribution in [0.2, 0.25) is 5.02 Å². The van der Waals surface area contributed by atoms with Crippen molar-refractivity contribution < 1.29 is 19.1 Å². The number of piperidine rings is 1. The molecule has 250 valence electrons. The molecule has 2 saturated heterocycles. The number of fused-ring (bicyclic) bond motifs is 2. The number of ether oxygens (including phenoxy) is 1. The summed E-state index contributed by atoms with van der Waals surface area (Å²) < 4.78 is 9.16. The highest BCUT2D eigenvalue weighted by Crippen LogP contribution is 2.38. The van der Waals surface area contributed by atoms with Gasteiger partial charge >= 0.3 is 6.09 Å². The van der Waals surface area contributed by atoms with Crippen molar-refractivity contribution in [3.63, 3.8) is 0 Å². The zero-order chi connectivity index (χ0) is 32.5. The third kappa shape index (κ3) is 6.85. The normalized spacial score (nSPS) is 23.9. The molecule has 47 heavy (non-hydrogen) atoms. The minimum atomic E-state index is -0.722. The number of aryl methyl sites for hydroxylation is 3. The van der Waals surface area contributed by atoms with Gasteiger partial charge in [0.05, 0.1) is 12.0 Å². The molecule has 2 aromatic heterocycles. The number of nitrogens with zero attached hydrogens (tertiary/aromatic N) is 6. The number of amides is 2. The third-order valence-electron chi connectivity index (χ3n) is 10.6. The van der Waals surface area contributed by atoms with Gasteiger partial charge in [-0.3, -0.25) is 14.6 Å². The summed E-state index contributed by atoms with van der Waals surface area (Å²) in [7, 11) is 0. The van der Waals surface area contributed by atoms with E-state index in [-0.39, 0.29) is 18.1 Å². The van der Waals surface area contributed by atoms with E-state index in [1.807, 2.05) is 48.6 Å². The van der Waals surface area contributed by atoms with Crippen molar-refractivity contribution in [2.75, 3.05) is 32.7 Å². The van der Waals surface area contributed by atoms with Crippen LogP contribution in [0.15, 0.2) is 49.1 Å². The number of aromatic nitrogens is 3. The van der Waals surface area contributed by atoms with Gasteiger partial charge in [0.25, 0.3) is 0 Å². The monoisotopic (exact) mass is 660 g/mol. The van der Waals surface area contributed by atoms with Gasteiger partial charge in [-0.05, 0) is 93.5 Å². The first-order chi connectivity index (χ1) is 22.8. The maximum Gasteiger partial charge on any atom is 0.410 e. The lowest BCUT2D eigenvalue weighted by atomic mass is 9.94.